The van der Waals surface area contributed by atoms with Crippen LogP contribution in [0, 0.1) is 6.92 Å². The first-order chi connectivity index (χ1) is 19.6. The van der Waals surface area contributed by atoms with Gasteiger partial charge in [0.15, 0.2) is 20.5 Å². The monoisotopic (exact) mass is 616 g/mol. The minimum absolute atomic E-state index is 0.0534. The fourth-order valence-electron chi connectivity index (χ4n) is 4.16. The fraction of sp³-hybridized carbons (Fsp3) is 0.0606. The predicted octanol–water partition coefficient (Wildman–Crippen LogP) is 11.3. The van der Waals surface area contributed by atoms with Crippen molar-refractivity contribution in [3.8, 4) is 0 Å². The molecular formula is C33H27F6OPS. The molecule has 0 bridgehead atoms. The van der Waals surface area contributed by atoms with Gasteiger partial charge in [0.25, 0.3) is 0 Å². The Labute approximate surface area is 243 Å². The average Bonchev–Trinajstić information content (AvgIpc) is 2.94. The predicted molar refractivity (Wildman–Crippen MR) is 159 cm³/mol. The summed E-state index contributed by atoms with van der Waals surface area (Å²) in [4.78, 5) is 16.6. The molecule has 0 spiro atoms. The Morgan fingerprint density at radius 2 is 0.881 bits per heavy atom. The molecule has 0 aromatic heterocycles. The molecule has 0 aliphatic rings. The van der Waals surface area contributed by atoms with E-state index in [0.29, 0.717) is 11.1 Å². The second kappa shape index (κ2) is 11.8. The molecule has 5 rings (SSSR count). The van der Waals surface area contributed by atoms with Crippen molar-refractivity contribution in [1.29, 1.82) is 0 Å². The Bertz CT molecular complexity index is 1610. The summed E-state index contributed by atoms with van der Waals surface area (Å²) < 4.78 is 59.2. The molecule has 0 saturated carbocycles. The van der Waals surface area contributed by atoms with Crippen LogP contribution in [0.1, 0.15) is 32.6 Å². The molecule has 0 N–H and O–H groups in total. The molecule has 0 radical (unpaired) electrons. The average molecular weight is 617 g/mol. The number of hydrogen-bond acceptors (Lipinski definition) is 1. The van der Waals surface area contributed by atoms with Crippen molar-refractivity contribution in [2.75, 3.05) is 0 Å². The first kappa shape index (κ1) is 31.1. The molecule has 218 valence electrons. The van der Waals surface area contributed by atoms with Crippen molar-refractivity contribution in [2.24, 2.45) is 0 Å². The molecule has 0 aliphatic heterocycles. The number of halogens is 6. The summed E-state index contributed by atoms with van der Waals surface area (Å²) in [5.41, 5.74) is 5.30. The molecule has 5 aromatic rings. The van der Waals surface area contributed by atoms with E-state index < -0.39 is 7.81 Å². The molecule has 9 heteroatoms. The van der Waals surface area contributed by atoms with Crippen molar-refractivity contribution >= 4 is 24.5 Å². The van der Waals surface area contributed by atoms with Crippen LogP contribution in [-0.2, 0) is 17.3 Å². The number of hydrogen-bond donors (Lipinski definition) is 0. The van der Waals surface area contributed by atoms with Gasteiger partial charge < -0.3 is 0 Å². The SMILES string of the molecule is Cc1ccc([S+](c2ccc(Cc3ccccc3)cc2)c2ccc(C(=O)c3ccccc3)cc2)cc1.F[P-](F)(F)(F)(F)F. The summed E-state index contributed by atoms with van der Waals surface area (Å²) >= 11 is 0. The van der Waals surface area contributed by atoms with Gasteiger partial charge in [0.2, 0.25) is 0 Å². The Balaban J connectivity index is 0.000000517. The van der Waals surface area contributed by atoms with Gasteiger partial charge in [-0.1, -0.05) is 90.5 Å². The Hall–Kier alpha value is -3.87. The van der Waals surface area contributed by atoms with Crippen molar-refractivity contribution in [2.45, 2.75) is 28.0 Å². The molecule has 5 aromatic carbocycles. The molecule has 0 amide bonds. The van der Waals surface area contributed by atoms with Crippen LogP contribution in [-0.4, -0.2) is 5.78 Å². The van der Waals surface area contributed by atoms with Crippen molar-refractivity contribution in [3.05, 3.63) is 161 Å². The first-order valence-corrected chi connectivity index (χ1v) is 16.1. The Morgan fingerprint density at radius 3 is 1.36 bits per heavy atom. The minimum atomic E-state index is -10.7. The third kappa shape index (κ3) is 10.2. The number of benzene rings is 5. The Kier molecular flexibility index (Phi) is 8.72. The molecule has 0 saturated heterocycles. The zero-order chi connectivity index (χ0) is 30.4. The topological polar surface area (TPSA) is 17.1 Å². The number of carbonyl (C=O) groups is 1. The van der Waals surface area contributed by atoms with E-state index in [0.717, 1.165) is 6.42 Å². The van der Waals surface area contributed by atoms with E-state index in [-0.39, 0.29) is 16.7 Å². The van der Waals surface area contributed by atoms with Gasteiger partial charge in [0.05, 0.1) is 10.9 Å². The van der Waals surface area contributed by atoms with Crippen LogP contribution < -0.4 is 0 Å². The van der Waals surface area contributed by atoms with Crippen molar-refractivity contribution in [3.63, 3.8) is 0 Å². The summed E-state index contributed by atoms with van der Waals surface area (Å²) in [6.45, 7) is 2.12. The quantitative estimate of drug-likeness (QED) is 0.0770. The van der Waals surface area contributed by atoms with Gasteiger partial charge in [0, 0.05) is 11.1 Å². The zero-order valence-electron chi connectivity index (χ0n) is 22.4. The maximum atomic E-state index is 12.9. The van der Waals surface area contributed by atoms with E-state index in [4.69, 9.17) is 0 Å². The number of carbonyl (C=O) groups excluding carboxylic acids is 1. The second-order valence-electron chi connectivity index (χ2n) is 9.60. The molecular weight excluding hydrogens is 589 g/mol. The van der Waals surface area contributed by atoms with Gasteiger partial charge in [-0.25, -0.2) is 0 Å². The molecule has 42 heavy (non-hydrogen) atoms. The van der Waals surface area contributed by atoms with Crippen LogP contribution in [0.5, 0.6) is 0 Å². The van der Waals surface area contributed by atoms with Crippen molar-refractivity contribution in [1.82, 2.24) is 0 Å². The normalized spacial score (nSPS) is 13.6. The van der Waals surface area contributed by atoms with Crippen LogP contribution in [0.25, 0.3) is 0 Å². The number of rotatable bonds is 7. The van der Waals surface area contributed by atoms with Crippen LogP contribution in [0.2, 0.25) is 0 Å². The van der Waals surface area contributed by atoms with E-state index in [1.807, 2.05) is 42.5 Å². The van der Waals surface area contributed by atoms with Crippen LogP contribution in [0.15, 0.2) is 148 Å². The molecule has 1 atom stereocenters. The van der Waals surface area contributed by atoms with E-state index in [1.54, 1.807) is 0 Å². The second-order valence-corrected chi connectivity index (χ2v) is 13.5. The van der Waals surface area contributed by atoms with Gasteiger partial charge in [-0.05, 0) is 73.0 Å². The third-order valence-electron chi connectivity index (χ3n) is 6.05. The van der Waals surface area contributed by atoms with Gasteiger partial charge in [0.1, 0.15) is 0 Å². The summed E-state index contributed by atoms with van der Waals surface area (Å²) in [5, 5.41) is 0. The molecule has 0 heterocycles. The summed E-state index contributed by atoms with van der Waals surface area (Å²) in [6, 6.07) is 45.9. The van der Waals surface area contributed by atoms with E-state index in [1.165, 1.54) is 31.4 Å². The molecule has 0 aliphatic carbocycles. The summed E-state index contributed by atoms with van der Waals surface area (Å²) in [5.74, 6) is 0.0534. The van der Waals surface area contributed by atoms with Crippen molar-refractivity contribution < 1.29 is 30.0 Å². The first-order valence-electron chi connectivity index (χ1n) is 12.8. The Morgan fingerprint density at radius 1 is 0.524 bits per heavy atom. The van der Waals surface area contributed by atoms with E-state index >= 15 is 0 Å². The van der Waals surface area contributed by atoms with Gasteiger partial charge >= 0.3 is 33.0 Å². The molecule has 0 fully saturated rings. The van der Waals surface area contributed by atoms with Crippen LogP contribution in [0.4, 0.5) is 25.2 Å². The van der Waals surface area contributed by atoms with Gasteiger partial charge in [-0.3, -0.25) is 4.79 Å². The van der Waals surface area contributed by atoms with Gasteiger partial charge in [-0.15, -0.1) is 0 Å². The van der Waals surface area contributed by atoms with Crippen LogP contribution in [0.3, 0.4) is 0 Å². The van der Waals surface area contributed by atoms with E-state index in [2.05, 4.69) is 97.9 Å². The number of ketones is 1. The zero-order valence-corrected chi connectivity index (χ0v) is 24.2. The molecule has 1 unspecified atom stereocenters. The standard InChI is InChI=1S/C33H27OS.F6P/c1-25-12-18-30(19-13-25)35(31-20-14-27(15-21-31)24-26-8-4-2-5-9-26)32-22-16-29(17-23-32)33(34)28-10-6-3-7-11-28;1-7(2,3,4,5)6/h2-23H,24H2,1H3;/q+1;-1. The summed E-state index contributed by atoms with van der Waals surface area (Å²) in [7, 11) is -10.9. The maximum absolute atomic E-state index is 12.9. The number of aryl methyl sites for hydroxylation is 1. The molecule has 1 nitrogen and oxygen atoms in total. The van der Waals surface area contributed by atoms with Gasteiger partial charge in [-0.2, -0.15) is 0 Å². The fourth-order valence-corrected chi connectivity index (χ4v) is 6.20. The van der Waals surface area contributed by atoms with Crippen LogP contribution >= 0.6 is 7.81 Å². The summed E-state index contributed by atoms with van der Waals surface area (Å²) in [6.07, 6.45) is 0.926. The third-order valence-corrected chi connectivity index (χ3v) is 8.29. The van der Waals surface area contributed by atoms with E-state index in [9.17, 15) is 30.0 Å².